The number of H-pyrrole nitrogens is 1. The first kappa shape index (κ1) is 26.5. The molecule has 1 unspecified atom stereocenters. The van der Waals surface area contributed by atoms with E-state index >= 15 is 0 Å². The number of likely N-dealkylation sites (tertiary alicyclic amines) is 1. The monoisotopic (exact) mass is 612 g/mol. The van der Waals surface area contributed by atoms with E-state index in [0.717, 1.165) is 0 Å². The molecule has 0 spiro atoms. The van der Waals surface area contributed by atoms with Crippen molar-refractivity contribution in [3.8, 4) is 0 Å². The molecule has 2 aromatic heterocycles. The second-order valence-electron chi connectivity index (χ2n) is 7.81. The Labute approximate surface area is 213 Å². The average molecular weight is 613 g/mol. The van der Waals surface area contributed by atoms with Gasteiger partial charge in [-0.2, -0.15) is 0 Å². The van der Waals surface area contributed by atoms with E-state index in [4.69, 9.17) is 22.1 Å². The summed E-state index contributed by atoms with van der Waals surface area (Å²) in [5.74, 6) is -4.03. The molecule has 4 N–H and O–H groups in total. The van der Waals surface area contributed by atoms with Gasteiger partial charge in [-0.05, 0) is 6.07 Å². The number of aromatic amines is 1. The lowest BCUT2D eigenvalue weighted by Gasteiger charge is -2.39. The summed E-state index contributed by atoms with van der Waals surface area (Å²) in [7, 11) is 1.46. The number of hydrogen-bond acceptors (Lipinski definition) is 5. The minimum Gasteiger partial charge on any atom is -0.384 e. The van der Waals surface area contributed by atoms with E-state index in [1.54, 1.807) is 12.3 Å². The molecule has 0 bridgehead atoms. The highest BCUT2D eigenvalue weighted by Crippen LogP contribution is 2.32. The van der Waals surface area contributed by atoms with Gasteiger partial charge in [-0.15, -0.1) is 0 Å². The maximum Gasteiger partial charge on any atom is 0.251 e. The number of hydrogen-bond donors (Lipinski definition) is 3. The lowest BCUT2D eigenvalue weighted by atomic mass is 9.98. The van der Waals surface area contributed by atoms with E-state index < -0.39 is 30.6 Å². The molecule has 1 saturated heterocycles. The fourth-order valence-electron chi connectivity index (χ4n) is 3.71. The molecule has 3 heterocycles. The van der Waals surface area contributed by atoms with E-state index in [1.165, 1.54) is 18.2 Å². The van der Waals surface area contributed by atoms with Crippen LogP contribution in [0.25, 0.3) is 11.0 Å². The predicted octanol–water partition coefficient (Wildman–Crippen LogP) is 3.75. The third kappa shape index (κ3) is 6.54. The van der Waals surface area contributed by atoms with Crippen molar-refractivity contribution in [2.24, 2.45) is 10.7 Å². The Bertz CT molecular complexity index is 1090. The normalized spacial score (nSPS) is 19.3. The number of piperidine rings is 1. The highest BCUT2D eigenvalue weighted by Gasteiger charge is 2.41. The van der Waals surface area contributed by atoms with Crippen LogP contribution in [0.5, 0.6) is 0 Å². The van der Waals surface area contributed by atoms with Crippen LogP contribution in [-0.4, -0.2) is 69.8 Å². The summed E-state index contributed by atoms with van der Waals surface area (Å²) in [5, 5.41) is 3.79. The molecular weight excluding hydrogens is 588 g/mol. The summed E-state index contributed by atoms with van der Waals surface area (Å²) < 4.78 is 47.8. The lowest BCUT2D eigenvalue weighted by Crippen LogP contribution is -2.53. The van der Waals surface area contributed by atoms with Gasteiger partial charge in [0.2, 0.25) is 5.91 Å². The second kappa shape index (κ2) is 11.6. The van der Waals surface area contributed by atoms with Crippen LogP contribution in [0.3, 0.4) is 0 Å². The molecule has 8 nitrogen and oxygen atoms in total. The van der Waals surface area contributed by atoms with Gasteiger partial charge in [-0.3, -0.25) is 4.79 Å². The Balaban J connectivity index is 1.82. The minimum atomic E-state index is -2.92. The largest absolute Gasteiger partial charge is 0.384 e. The van der Waals surface area contributed by atoms with Crippen molar-refractivity contribution in [1.82, 2.24) is 20.2 Å². The quantitative estimate of drug-likeness (QED) is 0.173. The van der Waals surface area contributed by atoms with Gasteiger partial charge in [0.15, 0.2) is 11.6 Å². The molecular formula is C21H25ClF3IN6O2. The number of nitrogens with zero attached hydrogens (tertiary/aromatic N) is 3. The predicted molar refractivity (Wildman–Crippen MR) is 133 cm³/mol. The molecule has 0 aromatic carbocycles. The summed E-state index contributed by atoms with van der Waals surface area (Å²) in [6.07, 6.45) is 2.16. The number of carbonyl (C=O) groups excluding carboxylic acids is 1. The molecule has 186 valence electrons. The number of nitrogens with one attached hydrogen (secondary N) is 2. The summed E-state index contributed by atoms with van der Waals surface area (Å²) >= 11 is 7.84. The van der Waals surface area contributed by atoms with Crippen molar-refractivity contribution < 1.29 is 22.7 Å². The van der Waals surface area contributed by atoms with E-state index in [-0.39, 0.29) is 48.1 Å². The maximum absolute atomic E-state index is 14.7. The average Bonchev–Trinajstić information content (AvgIpc) is 3.22. The Kier molecular flexibility index (Phi) is 9.04. The number of alkyl halides is 3. The zero-order valence-corrected chi connectivity index (χ0v) is 21.3. The standard InChI is InChI=1S/C21H25ClF3IN6O2/c1-34-5-2-17(33)32-4-3-21(24,25)7-13(32)10-29-20(16(23)8-26)31-18(27)15-11-30-19-14(15)6-12(22)9-28-19/h6,9,11,13,29H,2-5,7-8,10H2,1H3,(H2,27,31)(H,28,30)/b20-16+. The molecule has 3 rings (SSSR count). The van der Waals surface area contributed by atoms with Crippen molar-refractivity contribution in [3.05, 3.63) is 40.7 Å². The zero-order chi connectivity index (χ0) is 24.9. The molecule has 0 saturated carbocycles. The molecule has 0 aliphatic carbocycles. The highest BCUT2D eigenvalue weighted by molar-refractivity contribution is 14.1. The van der Waals surface area contributed by atoms with Gasteiger partial charge in [0.25, 0.3) is 5.92 Å². The van der Waals surface area contributed by atoms with Gasteiger partial charge in [-0.1, -0.05) is 34.2 Å². The molecule has 0 radical (unpaired) electrons. The third-order valence-corrected chi connectivity index (χ3v) is 6.30. The molecule has 2 aromatic rings. The van der Waals surface area contributed by atoms with Crippen molar-refractivity contribution in [2.45, 2.75) is 31.2 Å². The van der Waals surface area contributed by atoms with Crippen LogP contribution in [0.2, 0.25) is 5.02 Å². The first-order valence-electron chi connectivity index (χ1n) is 10.5. The molecule has 1 atom stereocenters. The number of rotatable bonds is 9. The number of fused-ring (bicyclic) bond motifs is 1. The smallest absolute Gasteiger partial charge is 0.251 e. The van der Waals surface area contributed by atoms with Crippen LogP contribution in [0.15, 0.2) is 35.1 Å². The number of carbonyl (C=O) groups is 1. The van der Waals surface area contributed by atoms with Gasteiger partial charge in [0.1, 0.15) is 11.5 Å². The molecule has 1 fully saturated rings. The summed E-state index contributed by atoms with van der Waals surface area (Å²) in [6.45, 7) is -0.0270. The Hall–Kier alpha value is -2.06. The number of nitrogens with two attached hydrogens (primary N) is 1. The Morgan fingerprint density at radius 2 is 2.29 bits per heavy atom. The number of allylic oxidation sites excluding steroid dienone is 1. The minimum absolute atomic E-state index is 0.0141. The van der Waals surface area contributed by atoms with Crippen LogP contribution in [0.1, 0.15) is 24.8 Å². The molecule has 1 aliphatic heterocycles. The van der Waals surface area contributed by atoms with Gasteiger partial charge in [0.05, 0.1) is 28.5 Å². The van der Waals surface area contributed by atoms with Crippen molar-refractivity contribution in [3.63, 3.8) is 0 Å². The number of aromatic nitrogens is 2. The molecule has 13 heteroatoms. The fraction of sp³-hybridized carbons (Fsp3) is 0.476. The van der Waals surface area contributed by atoms with E-state index in [2.05, 4.69) is 20.3 Å². The van der Waals surface area contributed by atoms with E-state index in [9.17, 15) is 18.0 Å². The second-order valence-corrected chi connectivity index (χ2v) is 9.01. The SMILES string of the molecule is COCCC(=O)N1CCC(F)(F)CC1CNC(/N=C(\N)c1c[nH]c2ncc(Cl)cc12)=C(\F)CI. The number of halogens is 5. The summed E-state index contributed by atoms with van der Waals surface area (Å²) in [6, 6.07) is 0.801. The van der Waals surface area contributed by atoms with Gasteiger partial charge >= 0.3 is 0 Å². The molecule has 1 aliphatic rings. The van der Waals surface area contributed by atoms with Crippen LogP contribution in [0.4, 0.5) is 13.2 Å². The number of amidine groups is 1. The number of methoxy groups -OCH3 is 1. The van der Waals surface area contributed by atoms with Crippen LogP contribution in [-0.2, 0) is 9.53 Å². The van der Waals surface area contributed by atoms with E-state index in [1.807, 2.05) is 22.6 Å². The maximum atomic E-state index is 14.7. The molecule has 1 amide bonds. The highest BCUT2D eigenvalue weighted by atomic mass is 127. The zero-order valence-electron chi connectivity index (χ0n) is 18.4. The van der Waals surface area contributed by atoms with Crippen LogP contribution in [0, 0.1) is 0 Å². The number of aliphatic imine (C=N–C) groups is 1. The van der Waals surface area contributed by atoms with Crippen molar-refractivity contribution in [1.29, 1.82) is 0 Å². The first-order chi connectivity index (χ1) is 16.1. The fourth-order valence-corrected chi connectivity index (χ4v) is 4.23. The Morgan fingerprint density at radius 1 is 1.53 bits per heavy atom. The number of ether oxygens (including phenoxy) is 1. The third-order valence-electron chi connectivity index (χ3n) is 5.42. The summed E-state index contributed by atoms with van der Waals surface area (Å²) in [4.78, 5) is 25.2. The van der Waals surface area contributed by atoms with Crippen molar-refractivity contribution in [2.75, 3.05) is 31.2 Å². The van der Waals surface area contributed by atoms with Gasteiger partial charge in [-0.25, -0.2) is 23.1 Å². The first-order valence-corrected chi connectivity index (χ1v) is 12.4. The van der Waals surface area contributed by atoms with Gasteiger partial charge in [0, 0.05) is 56.4 Å². The topological polar surface area (TPSA) is 109 Å². The van der Waals surface area contributed by atoms with E-state index in [0.29, 0.717) is 21.6 Å². The van der Waals surface area contributed by atoms with Gasteiger partial charge < -0.3 is 25.7 Å². The van der Waals surface area contributed by atoms with Crippen LogP contribution >= 0.6 is 34.2 Å². The lowest BCUT2D eigenvalue weighted by molar-refractivity contribution is -0.143. The van der Waals surface area contributed by atoms with Crippen LogP contribution < -0.4 is 11.1 Å². The van der Waals surface area contributed by atoms with Crippen molar-refractivity contribution >= 4 is 57.0 Å². The molecule has 34 heavy (non-hydrogen) atoms. The summed E-state index contributed by atoms with van der Waals surface area (Å²) in [5.41, 5.74) is 7.14. The Morgan fingerprint density at radius 3 is 3.00 bits per heavy atom. The number of pyridine rings is 1. The number of amides is 1.